The number of carbonyl (C=O) groups excluding carboxylic acids is 1. The van der Waals surface area contributed by atoms with Crippen LogP contribution in [0.4, 0.5) is 0 Å². The molecule has 0 radical (unpaired) electrons. The summed E-state index contributed by atoms with van der Waals surface area (Å²) in [5, 5.41) is 11.4. The van der Waals surface area contributed by atoms with Crippen molar-refractivity contribution in [3.63, 3.8) is 0 Å². The van der Waals surface area contributed by atoms with Crippen molar-refractivity contribution in [3.8, 4) is 22.6 Å². The molecule has 5 heteroatoms. The number of carbonyl (C=O) groups is 1. The van der Waals surface area contributed by atoms with E-state index in [4.69, 9.17) is 21.1 Å². The van der Waals surface area contributed by atoms with Crippen molar-refractivity contribution in [2.45, 2.75) is 40.0 Å². The highest BCUT2D eigenvalue weighted by Crippen LogP contribution is 2.45. The molecule has 0 spiro atoms. The van der Waals surface area contributed by atoms with Crippen LogP contribution in [0.1, 0.15) is 48.7 Å². The number of benzene rings is 2. The van der Waals surface area contributed by atoms with Crippen LogP contribution in [-0.4, -0.2) is 24.8 Å². The van der Waals surface area contributed by atoms with Gasteiger partial charge in [-0.25, -0.2) is 4.79 Å². The zero-order chi connectivity index (χ0) is 19.3. The number of esters is 1. The fourth-order valence-corrected chi connectivity index (χ4v) is 3.61. The molecule has 0 saturated heterocycles. The minimum Gasteiger partial charge on any atom is -0.507 e. The van der Waals surface area contributed by atoms with Gasteiger partial charge in [-0.2, -0.15) is 0 Å². The van der Waals surface area contributed by atoms with Crippen molar-refractivity contribution in [2.75, 3.05) is 13.7 Å². The van der Waals surface area contributed by atoms with E-state index in [1.807, 2.05) is 25.1 Å². The fraction of sp³-hybridized carbons (Fsp3) is 0.381. The highest BCUT2D eigenvalue weighted by molar-refractivity contribution is 6.35. The van der Waals surface area contributed by atoms with Gasteiger partial charge in [0, 0.05) is 11.1 Å². The van der Waals surface area contributed by atoms with Crippen molar-refractivity contribution in [1.82, 2.24) is 0 Å². The number of phenolic OH excluding ortho intramolecular Hbond substituents is 1. The van der Waals surface area contributed by atoms with E-state index in [9.17, 15) is 9.90 Å². The van der Waals surface area contributed by atoms with Crippen molar-refractivity contribution in [3.05, 3.63) is 46.0 Å². The van der Waals surface area contributed by atoms with Gasteiger partial charge in [-0.3, -0.25) is 0 Å². The molecule has 0 atom stereocenters. The molecule has 0 saturated carbocycles. The average molecular weight is 377 g/mol. The highest BCUT2D eigenvalue weighted by atomic mass is 35.5. The molecule has 2 rings (SSSR count). The molecular weight excluding hydrogens is 352 g/mol. The molecule has 140 valence electrons. The van der Waals surface area contributed by atoms with Gasteiger partial charge in [0.25, 0.3) is 0 Å². The van der Waals surface area contributed by atoms with Crippen LogP contribution >= 0.6 is 11.6 Å². The van der Waals surface area contributed by atoms with Crippen LogP contribution in [0, 0.1) is 0 Å². The van der Waals surface area contributed by atoms with E-state index in [1.165, 1.54) is 0 Å². The Labute approximate surface area is 159 Å². The Balaban J connectivity index is 2.93. The van der Waals surface area contributed by atoms with Gasteiger partial charge < -0.3 is 14.6 Å². The van der Waals surface area contributed by atoms with Crippen LogP contribution in [-0.2, 0) is 17.6 Å². The first kappa shape index (κ1) is 20.1. The SMILES string of the molecule is CCCc1c(Cl)c(-c2ccccc2OC)c(C(=O)OCC)c(O)c1CC. The second-order valence-electron chi connectivity index (χ2n) is 5.89. The van der Waals surface area contributed by atoms with E-state index in [0.29, 0.717) is 40.3 Å². The van der Waals surface area contributed by atoms with Gasteiger partial charge in [0.15, 0.2) is 0 Å². The Bertz CT molecular complexity index is 799. The molecule has 2 aromatic carbocycles. The fourth-order valence-electron chi connectivity index (χ4n) is 3.20. The van der Waals surface area contributed by atoms with Gasteiger partial charge in [-0.05, 0) is 37.0 Å². The van der Waals surface area contributed by atoms with Crippen LogP contribution in [0.2, 0.25) is 5.02 Å². The van der Waals surface area contributed by atoms with E-state index < -0.39 is 5.97 Å². The summed E-state index contributed by atoms with van der Waals surface area (Å²) in [6.45, 7) is 5.92. The maximum absolute atomic E-state index is 12.7. The minimum atomic E-state index is -0.592. The minimum absolute atomic E-state index is 0.0558. The van der Waals surface area contributed by atoms with Gasteiger partial charge in [0.1, 0.15) is 17.1 Å². The highest BCUT2D eigenvalue weighted by Gasteiger charge is 2.28. The van der Waals surface area contributed by atoms with Crippen LogP contribution in [0.3, 0.4) is 0 Å². The summed E-state index contributed by atoms with van der Waals surface area (Å²) in [6.07, 6.45) is 2.15. The first-order chi connectivity index (χ1) is 12.5. The Hall–Kier alpha value is -2.20. The standard InChI is InChI=1S/C21H25ClO4/c1-5-10-14-13(6-2)20(23)18(21(24)26-7-3)17(19(14)22)15-11-8-9-12-16(15)25-4/h8-9,11-12,23H,5-7,10H2,1-4H3. The first-order valence-corrected chi connectivity index (χ1v) is 9.26. The lowest BCUT2D eigenvalue weighted by atomic mass is 9.89. The molecule has 0 unspecified atom stereocenters. The molecule has 2 aromatic rings. The van der Waals surface area contributed by atoms with Gasteiger partial charge in [-0.1, -0.05) is 50.1 Å². The quantitative estimate of drug-likeness (QED) is 0.656. The molecule has 0 aromatic heterocycles. The maximum atomic E-state index is 12.7. The number of ether oxygens (including phenoxy) is 2. The summed E-state index contributed by atoms with van der Waals surface area (Å²) < 4.78 is 10.7. The van der Waals surface area contributed by atoms with Crippen molar-refractivity contribution in [2.24, 2.45) is 0 Å². The third-order valence-electron chi connectivity index (χ3n) is 4.33. The summed E-state index contributed by atoms with van der Waals surface area (Å²) in [5.74, 6) is -0.0729. The molecule has 0 fully saturated rings. The monoisotopic (exact) mass is 376 g/mol. The number of para-hydroxylation sites is 1. The molecule has 26 heavy (non-hydrogen) atoms. The number of methoxy groups -OCH3 is 1. The lowest BCUT2D eigenvalue weighted by Crippen LogP contribution is -2.11. The second kappa shape index (κ2) is 8.95. The summed E-state index contributed by atoms with van der Waals surface area (Å²) in [5.41, 5.74) is 2.76. The van der Waals surface area contributed by atoms with Crippen molar-refractivity contribution >= 4 is 17.6 Å². The van der Waals surface area contributed by atoms with Crippen LogP contribution in [0.15, 0.2) is 24.3 Å². The largest absolute Gasteiger partial charge is 0.507 e. The van der Waals surface area contributed by atoms with Crippen LogP contribution in [0.25, 0.3) is 11.1 Å². The number of hydrogen-bond donors (Lipinski definition) is 1. The van der Waals surface area contributed by atoms with E-state index in [-0.39, 0.29) is 17.9 Å². The molecule has 0 aliphatic rings. The van der Waals surface area contributed by atoms with Crippen LogP contribution < -0.4 is 4.74 Å². The van der Waals surface area contributed by atoms with Gasteiger partial charge in [0.05, 0.1) is 18.7 Å². The predicted molar refractivity (Wildman–Crippen MR) is 104 cm³/mol. The summed E-state index contributed by atoms with van der Waals surface area (Å²) in [7, 11) is 1.56. The van der Waals surface area contributed by atoms with Crippen molar-refractivity contribution in [1.29, 1.82) is 0 Å². The van der Waals surface area contributed by atoms with E-state index in [1.54, 1.807) is 20.1 Å². The molecule has 4 nitrogen and oxygen atoms in total. The summed E-state index contributed by atoms with van der Waals surface area (Å²) in [4.78, 5) is 12.7. The third-order valence-corrected chi connectivity index (χ3v) is 4.75. The predicted octanol–water partition coefficient (Wildman–Crippen LogP) is 5.41. The zero-order valence-electron chi connectivity index (χ0n) is 15.7. The zero-order valence-corrected chi connectivity index (χ0v) is 16.4. The molecular formula is C21H25ClO4. The number of hydrogen-bond acceptors (Lipinski definition) is 4. The summed E-state index contributed by atoms with van der Waals surface area (Å²) in [6, 6.07) is 7.30. The third kappa shape index (κ3) is 3.65. The Kier molecular flexibility index (Phi) is 6.92. The van der Waals surface area contributed by atoms with Gasteiger partial charge >= 0.3 is 5.97 Å². The smallest absolute Gasteiger partial charge is 0.342 e. The van der Waals surface area contributed by atoms with Gasteiger partial charge in [0.2, 0.25) is 0 Å². The van der Waals surface area contributed by atoms with E-state index in [0.717, 1.165) is 12.0 Å². The number of rotatable bonds is 7. The second-order valence-corrected chi connectivity index (χ2v) is 6.27. The van der Waals surface area contributed by atoms with Crippen molar-refractivity contribution < 1.29 is 19.4 Å². The molecule has 0 heterocycles. The Morgan fingerprint density at radius 3 is 2.42 bits per heavy atom. The topological polar surface area (TPSA) is 55.8 Å². The van der Waals surface area contributed by atoms with E-state index in [2.05, 4.69) is 6.92 Å². The molecule has 0 aliphatic heterocycles. The maximum Gasteiger partial charge on any atom is 0.342 e. The molecule has 0 aliphatic carbocycles. The molecule has 0 bridgehead atoms. The Morgan fingerprint density at radius 1 is 1.15 bits per heavy atom. The molecule has 1 N–H and O–H groups in total. The summed E-state index contributed by atoms with van der Waals surface area (Å²) >= 11 is 6.78. The lowest BCUT2D eigenvalue weighted by molar-refractivity contribution is 0.0524. The Morgan fingerprint density at radius 2 is 1.85 bits per heavy atom. The lowest BCUT2D eigenvalue weighted by Gasteiger charge is -2.21. The molecule has 0 amide bonds. The normalized spacial score (nSPS) is 10.7. The van der Waals surface area contributed by atoms with E-state index >= 15 is 0 Å². The van der Waals surface area contributed by atoms with Crippen LogP contribution in [0.5, 0.6) is 11.5 Å². The number of halogens is 1. The average Bonchev–Trinajstić information content (AvgIpc) is 2.64. The van der Waals surface area contributed by atoms with Gasteiger partial charge in [-0.15, -0.1) is 0 Å². The number of aromatic hydroxyl groups is 1. The first-order valence-electron chi connectivity index (χ1n) is 8.88. The number of phenols is 1.